The van der Waals surface area contributed by atoms with Gasteiger partial charge in [0.2, 0.25) is 0 Å². The number of halogens is 2. The molecule has 4 heteroatoms. The van der Waals surface area contributed by atoms with Crippen molar-refractivity contribution in [3.8, 4) is 5.69 Å². The fourth-order valence-electron chi connectivity index (χ4n) is 1.52. The minimum Gasteiger partial charge on any atom is -0.303 e. The van der Waals surface area contributed by atoms with E-state index in [0.29, 0.717) is 0 Å². The summed E-state index contributed by atoms with van der Waals surface area (Å²) in [7, 11) is 0. The molecule has 0 spiro atoms. The molecular formula is C12H12F2N2. The first-order chi connectivity index (χ1) is 7.59. The Morgan fingerprint density at radius 2 is 2.00 bits per heavy atom. The molecule has 0 radical (unpaired) electrons. The molecule has 0 N–H and O–H groups in total. The molecule has 0 aliphatic rings. The average molecular weight is 222 g/mol. The second-order valence-corrected chi connectivity index (χ2v) is 3.96. The quantitative estimate of drug-likeness (QED) is 0.762. The predicted molar refractivity (Wildman–Crippen MR) is 57.6 cm³/mol. The van der Waals surface area contributed by atoms with Crippen LogP contribution in [0.5, 0.6) is 0 Å². The summed E-state index contributed by atoms with van der Waals surface area (Å²) >= 11 is 0. The Balaban J connectivity index is 2.60. The van der Waals surface area contributed by atoms with E-state index in [2.05, 4.69) is 4.98 Å². The van der Waals surface area contributed by atoms with E-state index in [0.717, 1.165) is 5.56 Å². The number of aromatic nitrogens is 2. The lowest BCUT2D eigenvalue weighted by molar-refractivity contribution is 0.501. The van der Waals surface area contributed by atoms with Crippen molar-refractivity contribution >= 4 is 0 Å². The summed E-state index contributed by atoms with van der Waals surface area (Å²) in [5.41, 5.74) is 0.962. The van der Waals surface area contributed by atoms with Gasteiger partial charge in [0.25, 0.3) is 0 Å². The van der Waals surface area contributed by atoms with Gasteiger partial charge in [-0.2, -0.15) is 0 Å². The van der Waals surface area contributed by atoms with Gasteiger partial charge in [0.1, 0.15) is 0 Å². The van der Waals surface area contributed by atoms with Crippen LogP contribution in [0.15, 0.2) is 30.9 Å². The van der Waals surface area contributed by atoms with Crippen molar-refractivity contribution in [2.45, 2.75) is 19.8 Å². The molecule has 0 amide bonds. The van der Waals surface area contributed by atoms with Crippen LogP contribution >= 0.6 is 0 Å². The van der Waals surface area contributed by atoms with Gasteiger partial charge in [-0.25, -0.2) is 13.8 Å². The molecule has 1 heterocycles. The highest BCUT2D eigenvalue weighted by Crippen LogP contribution is 2.23. The van der Waals surface area contributed by atoms with Crippen molar-refractivity contribution in [1.82, 2.24) is 9.55 Å². The lowest BCUT2D eigenvalue weighted by atomic mass is 10.0. The molecule has 0 aliphatic carbocycles. The van der Waals surface area contributed by atoms with Gasteiger partial charge in [0.05, 0.1) is 12.0 Å². The lowest BCUT2D eigenvalue weighted by Gasteiger charge is -2.10. The first kappa shape index (κ1) is 10.8. The summed E-state index contributed by atoms with van der Waals surface area (Å²) in [6, 6.07) is 2.88. The second kappa shape index (κ2) is 4.04. The third kappa shape index (κ3) is 1.83. The first-order valence-corrected chi connectivity index (χ1v) is 5.07. The molecule has 0 aliphatic heterocycles. The molecule has 16 heavy (non-hydrogen) atoms. The standard InChI is InChI=1S/C12H12F2N2/c1-8(2)9-5-10(13)12(14)11(6-9)16-4-3-15-7-16/h3-8H,1-2H3. The van der Waals surface area contributed by atoms with Crippen LogP contribution in [-0.4, -0.2) is 9.55 Å². The van der Waals surface area contributed by atoms with Gasteiger partial charge in [-0.3, -0.25) is 0 Å². The van der Waals surface area contributed by atoms with Crippen molar-refractivity contribution in [2.24, 2.45) is 0 Å². The Morgan fingerprint density at radius 3 is 2.56 bits per heavy atom. The van der Waals surface area contributed by atoms with E-state index >= 15 is 0 Å². The predicted octanol–water partition coefficient (Wildman–Crippen LogP) is 3.27. The summed E-state index contributed by atoms with van der Waals surface area (Å²) < 4.78 is 28.4. The number of imidazole rings is 1. The molecule has 84 valence electrons. The third-order valence-corrected chi connectivity index (χ3v) is 2.48. The largest absolute Gasteiger partial charge is 0.303 e. The fraction of sp³-hybridized carbons (Fsp3) is 0.250. The summed E-state index contributed by atoms with van der Waals surface area (Å²) in [6.45, 7) is 3.87. The fourth-order valence-corrected chi connectivity index (χ4v) is 1.52. The first-order valence-electron chi connectivity index (χ1n) is 5.07. The van der Waals surface area contributed by atoms with Crippen molar-refractivity contribution in [1.29, 1.82) is 0 Å². The normalized spacial score (nSPS) is 11.1. The molecule has 0 bridgehead atoms. The minimum atomic E-state index is -0.845. The van der Waals surface area contributed by atoms with Crippen LogP contribution in [0.3, 0.4) is 0 Å². The SMILES string of the molecule is CC(C)c1cc(F)c(F)c(-n2ccnc2)c1. The molecule has 0 fully saturated rings. The van der Waals surface area contributed by atoms with Crippen LogP contribution in [0.1, 0.15) is 25.3 Å². The van der Waals surface area contributed by atoms with Gasteiger partial charge in [0.15, 0.2) is 11.6 Å². The molecule has 2 nitrogen and oxygen atoms in total. The minimum absolute atomic E-state index is 0.150. The van der Waals surface area contributed by atoms with E-state index in [9.17, 15) is 8.78 Å². The average Bonchev–Trinajstić information content (AvgIpc) is 2.74. The third-order valence-electron chi connectivity index (χ3n) is 2.48. The highest BCUT2D eigenvalue weighted by atomic mass is 19.2. The van der Waals surface area contributed by atoms with Gasteiger partial charge >= 0.3 is 0 Å². The van der Waals surface area contributed by atoms with Crippen LogP contribution in [0.25, 0.3) is 5.69 Å². The Bertz CT molecular complexity index is 490. The topological polar surface area (TPSA) is 17.8 Å². The van der Waals surface area contributed by atoms with Gasteiger partial charge in [-0.05, 0) is 23.6 Å². The zero-order valence-corrected chi connectivity index (χ0v) is 9.11. The van der Waals surface area contributed by atoms with Crippen molar-refractivity contribution in [3.63, 3.8) is 0 Å². The van der Waals surface area contributed by atoms with Gasteiger partial charge in [-0.1, -0.05) is 13.8 Å². The zero-order valence-electron chi connectivity index (χ0n) is 9.11. The van der Waals surface area contributed by atoms with Crippen LogP contribution < -0.4 is 0 Å². The zero-order chi connectivity index (χ0) is 11.7. The van der Waals surface area contributed by atoms with Crippen LogP contribution in [-0.2, 0) is 0 Å². The molecule has 2 aromatic rings. The molecule has 2 rings (SSSR count). The number of benzene rings is 1. The molecule has 0 atom stereocenters. The Kier molecular flexibility index (Phi) is 2.73. The van der Waals surface area contributed by atoms with Gasteiger partial charge < -0.3 is 4.57 Å². The summed E-state index contributed by atoms with van der Waals surface area (Å²) in [5.74, 6) is -1.52. The highest BCUT2D eigenvalue weighted by molar-refractivity contribution is 5.39. The lowest BCUT2D eigenvalue weighted by Crippen LogP contribution is -2.01. The number of rotatable bonds is 2. The van der Waals surface area contributed by atoms with E-state index in [1.807, 2.05) is 13.8 Å². The second-order valence-electron chi connectivity index (χ2n) is 3.96. The maximum Gasteiger partial charge on any atom is 0.182 e. The number of hydrogen-bond donors (Lipinski definition) is 0. The molecule has 1 aromatic carbocycles. The van der Waals surface area contributed by atoms with Crippen molar-refractivity contribution in [3.05, 3.63) is 48.1 Å². The van der Waals surface area contributed by atoms with Crippen LogP contribution in [0, 0.1) is 11.6 Å². The molecule has 0 unspecified atom stereocenters. The monoisotopic (exact) mass is 222 g/mol. The van der Waals surface area contributed by atoms with E-state index in [1.165, 1.54) is 23.2 Å². The Hall–Kier alpha value is -1.71. The summed E-state index contributed by atoms with van der Waals surface area (Å²) in [4.78, 5) is 3.82. The smallest absolute Gasteiger partial charge is 0.182 e. The summed E-state index contributed by atoms with van der Waals surface area (Å²) in [5, 5.41) is 0. The van der Waals surface area contributed by atoms with Gasteiger partial charge in [0, 0.05) is 12.4 Å². The van der Waals surface area contributed by atoms with Crippen LogP contribution in [0.2, 0.25) is 0 Å². The Morgan fingerprint density at radius 1 is 1.25 bits per heavy atom. The van der Waals surface area contributed by atoms with Crippen molar-refractivity contribution in [2.75, 3.05) is 0 Å². The molecular weight excluding hydrogens is 210 g/mol. The highest BCUT2D eigenvalue weighted by Gasteiger charge is 2.13. The van der Waals surface area contributed by atoms with Gasteiger partial charge in [-0.15, -0.1) is 0 Å². The maximum atomic E-state index is 13.6. The van der Waals surface area contributed by atoms with E-state index in [1.54, 1.807) is 12.3 Å². The van der Waals surface area contributed by atoms with E-state index in [4.69, 9.17) is 0 Å². The summed E-state index contributed by atoms with van der Waals surface area (Å²) in [6.07, 6.45) is 4.56. The molecule has 1 aromatic heterocycles. The number of nitrogens with zero attached hydrogens (tertiary/aromatic N) is 2. The van der Waals surface area contributed by atoms with Crippen LogP contribution in [0.4, 0.5) is 8.78 Å². The molecule has 0 saturated heterocycles. The van der Waals surface area contributed by atoms with E-state index < -0.39 is 11.6 Å². The number of hydrogen-bond acceptors (Lipinski definition) is 1. The van der Waals surface area contributed by atoms with E-state index in [-0.39, 0.29) is 11.6 Å². The Labute approximate surface area is 92.6 Å². The molecule has 0 saturated carbocycles. The maximum absolute atomic E-state index is 13.6. The van der Waals surface area contributed by atoms with Crippen molar-refractivity contribution < 1.29 is 8.78 Å².